The number of carbonyl (C=O) groups is 1. The fourth-order valence-corrected chi connectivity index (χ4v) is 3.20. The van der Waals surface area contributed by atoms with E-state index in [1.165, 1.54) is 0 Å². The van der Waals surface area contributed by atoms with Crippen molar-refractivity contribution in [3.63, 3.8) is 0 Å². The Hall–Kier alpha value is -2.48. The van der Waals surface area contributed by atoms with E-state index in [9.17, 15) is 4.79 Å². The summed E-state index contributed by atoms with van der Waals surface area (Å²) in [7, 11) is 1.62. The molecule has 8 heteroatoms. The fourth-order valence-electron chi connectivity index (χ4n) is 3.20. The molecule has 25 heavy (non-hydrogen) atoms. The van der Waals surface area contributed by atoms with E-state index >= 15 is 0 Å². The number of aromatic nitrogens is 4. The van der Waals surface area contributed by atoms with Gasteiger partial charge < -0.3 is 15.4 Å². The van der Waals surface area contributed by atoms with Gasteiger partial charge in [-0.3, -0.25) is 4.79 Å². The summed E-state index contributed by atoms with van der Waals surface area (Å²) >= 11 is 0. The van der Waals surface area contributed by atoms with E-state index in [0.29, 0.717) is 17.4 Å². The molecule has 1 saturated carbocycles. The van der Waals surface area contributed by atoms with Gasteiger partial charge in [-0.15, -0.1) is 5.10 Å². The first kappa shape index (κ1) is 16.0. The number of rotatable bonds is 5. The van der Waals surface area contributed by atoms with Crippen molar-refractivity contribution in [2.24, 2.45) is 0 Å². The molecule has 2 N–H and O–H groups in total. The molecule has 132 valence electrons. The normalized spacial score (nSPS) is 20.3. The van der Waals surface area contributed by atoms with Crippen LogP contribution in [0.1, 0.15) is 43.8 Å². The second-order valence-electron chi connectivity index (χ2n) is 6.60. The topological polar surface area (TPSA) is 94.0 Å². The van der Waals surface area contributed by atoms with Crippen molar-refractivity contribution < 1.29 is 9.53 Å². The van der Waals surface area contributed by atoms with Crippen LogP contribution in [-0.2, 0) is 4.79 Å². The average Bonchev–Trinajstić information content (AvgIpc) is 3.39. The summed E-state index contributed by atoms with van der Waals surface area (Å²) < 4.78 is 7.17. The van der Waals surface area contributed by atoms with Gasteiger partial charge in [-0.2, -0.15) is 4.68 Å². The Bertz CT molecular complexity index is 764. The standard InChI is InChI=1S/C17H22N6O2/c1-25-15-8-7-12(19-17(24)13-4-2-3-9-18-13)10-14(15)23-16(11-5-6-11)20-21-22-23/h7-8,10-11,13,18H,2-6,9H2,1H3,(H,19,24). The van der Waals surface area contributed by atoms with Gasteiger partial charge in [0.15, 0.2) is 5.82 Å². The van der Waals surface area contributed by atoms with Crippen molar-refractivity contribution in [2.75, 3.05) is 19.0 Å². The Morgan fingerprint density at radius 3 is 2.92 bits per heavy atom. The molecule has 2 aromatic rings. The summed E-state index contributed by atoms with van der Waals surface area (Å²) in [6, 6.07) is 5.40. The minimum Gasteiger partial charge on any atom is -0.494 e. The van der Waals surface area contributed by atoms with Gasteiger partial charge >= 0.3 is 0 Å². The van der Waals surface area contributed by atoms with E-state index < -0.39 is 0 Å². The summed E-state index contributed by atoms with van der Waals surface area (Å²) in [5.41, 5.74) is 1.45. The van der Waals surface area contributed by atoms with Crippen molar-refractivity contribution >= 4 is 11.6 Å². The molecule has 1 aromatic heterocycles. The number of tetrazole rings is 1. The van der Waals surface area contributed by atoms with E-state index in [1.807, 2.05) is 18.2 Å². The predicted octanol–water partition coefficient (Wildman–Crippen LogP) is 1.63. The maximum Gasteiger partial charge on any atom is 0.241 e. The molecule has 1 unspecified atom stereocenters. The van der Waals surface area contributed by atoms with Crippen molar-refractivity contribution in [1.82, 2.24) is 25.5 Å². The first-order valence-corrected chi connectivity index (χ1v) is 8.77. The smallest absolute Gasteiger partial charge is 0.241 e. The molecular formula is C17H22N6O2. The van der Waals surface area contributed by atoms with Crippen LogP contribution in [0.2, 0.25) is 0 Å². The van der Waals surface area contributed by atoms with Crippen molar-refractivity contribution in [2.45, 2.75) is 44.1 Å². The number of nitrogens with one attached hydrogen (secondary N) is 2. The zero-order chi connectivity index (χ0) is 17.2. The highest BCUT2D eigenvalue weighted by atomic mass is 16.5. The number of nitrogens with zero attached hydrogens (tertiary/aromatic N) is 4. The van der Waals surface area contributed by atoms with Crippen LogP contribution in [0.3, 0.4) is 0 Å². The van der Waals surface area contributed by atoms with Gasteiger partial charge in [0.25, 0.3) is 0 Å². The SMILES string of the molecule is COc1ccc(NC(=O)C2CCCCN2)cc1-n1nnnc1C1CC1. The van der Waals surface area contributed by atoms with E-state index in [1.54, 1.807) is 11.8 Å². The van der Waals surface area contributed by atoms with Gasteiger partial charge in [-0.25, -0.2) is 0 Å². The molecular weight excluding hydrogens is 320 g/mol. The molecule has 1 atom stereocenters. The highest BCUT2D eigenvalue weighted by Gasteiger charge is 2.31. The lowest BCUT2D eigenvalue weighted by Crippen LogP contribution is -2.43. The van der Waals surface area contributed by atoms with Gasteiger partial charge in [0, 0.05) is 11.6 Å². The van der Waals surface area contributed by atoms with E-state index in [2.05, 4.69) is 26.2 Å². The number of hydrogen-bond acceptors (Lipinski definition) is 6. The van der Waals surface area contributed by atoms with Crippen LogP contribution in [0, 0.1) is 0 Å². The maximum atomic E-state index is 12.5. The molecule has 1 aliphatic carbocycles. The Kier molecular flexibility index (Phi) is 4.35. The second kappa shape index (κ2) is 6.79. The first-order valence-electron chi connectivity index (χ1n) is 8.77. The largest absolute Gasteiger partial charge is 0.494 e. The highest BCUT2D eigenvalue weighted by Crippen LogP contribution is 2.40. The third kappa shape index (κ3) is 3.34. The Labute approximate surface area is 145 Å². The third-order valence-corrected chi connectivity index (χ3v) is 4.74. The Morgan fingerprint density at radius 2 is 2.20 bits per heavy atom. The molecule has 0 spiro atoms. The molecule has 4 rings (SSSR count). The summed E-state index contributed by atoms with van der Waals surface area (Å²) in [4.78, 5) is 12.5. The minimum absolute atomic E-state index is 0.00468. The van der Waals surface area contributed by atoms with Crippen molar-refractivity contribution in [1.29, 1.82) is 0 Å². The monoisotopic (exact) mass is 342 g/mol. The Morgan fingerprint density at radius 1 is 1.32 bits per heavy atom. The van der Waals surface area contributed by atoms with Gasteiger partial charge in [-0.1, -0.05) is 6.42 Å². The summed E-state index contributed by atoms with van der Waals surface area (Å²) in [6.45, 7) is 0.890. The molecule has 1 aliphatic heterocycles. The lowest BCUT2D eigenvalue weighted by atomic mass is 10.0. The molecule has 2 aliphatic rings. The first-order chi connectivity index (χ1) is 12.3. The number of amides is 1. The molecule has 1 aromatic carbocycles. The van der Waals surface area contributed by atoms with Crippen molar-refractivity contribution in [3.05, 3.63) is 24.0 Å². The minimum atomic E-state index is -0.130. The van der Waals surface area contributed by atoms with E-state index in [-0.39, 0.29) is 11.9 Å². The van der Waals surface area contributed by atoms with E-state index in [0.717, 1.165) is 50.2 Å². The van der Waals surface area contributed by atoms with Crippen LogP contribution in [0.4, 0.5) is 5.69 Å². The summed E-state index contributed by atoms with van der Waals surface area (Å²) in [5.74, 6) is 1.91. The summed E-state index contributed by atoms with van der Waals surface area (Å²) in [6.07, 6.45) is 5.28. The lowest BCUT2D eigenvalue weighted by Gasteiger charge is -2.22. The van der Waals surface area contributed by atoms with Gasteiger partial charge in [0.05, 0.1) is 13.2 Å². The van der Waals surface area contributed by atoms with Gasteiger partial charge in [0.1, 0.15) is 11.4 Å². The summed E-state index contributed by atoms with van der Waals surface area (Å²) in [5, 5.41) is 18.3. The quantitative estimate of drug-likeness (QED) is 0.858. The van der Waals surface area contributed by atoms with Crippen LogP contribution in [0.5, 0.6) is 5.75 Å². The number of hydrogen-bond donors (Lipinski definition) is 2. The highest BCUT2D eigenvalue weighted by molar-refractivity contribution is 5.95. The Balaban J connectivity index is 1.59. The van der Waals surface area contributed by atoms with Crippen molar-refractivity contribution in [3.8, 4) is 11.4 Å². The zero-order valence-corrected chi connectivity index (χ0v) is 14.2. The lowest BCUT2D eigenvalue weighted by molar-refractivity contribution is -0.118. The van der Waals surface area contributed by atoms with Gasteiger partial charge in [0.2, 0.25) is 5.91 Å². The molecule has 0 radical (unpaired) electrons. The number of piperidine rings is 1. The van der Waals surface area contributed by atoms with Gasteiger partial charge in [-0.05, 0) is 60.9 Å². The van der Waals surface area contributed by atoms with Crippen LogP contribution >= 0.6 is 0 Å². The molecule has 1 saturated heterocycles. The van der Waals surface area contributed by atoms with Crippen LogP contribution in [0.25, 0.3) is 5.69 Å². The third-order valence-electron chi connectivity index (χ3n) is 4.74. The molecule has 8 nitrogen and oxygen atoms in total. The second-order valence-corrected chi connectivity index (χ2v) is 6.60. The maximum absolute atomic E-state index is 12.5. The molecule has 2 fully saturated rings. The average molecular weight is 342 g/mol. The number of ether oxygens (including phenoxy) is 1. The predicted molar refractivity (Wildman–Crippen MR) is 92.0 cm³/mol. The van der Waals surface area contributed by atoms with E-state index in [4.69, 9.17) is 4.74 Å². The van der Waals surface area contributed by atoms with Crippen LogP contribution in [0.15, 0.2) is 18.2 Å². The number of methoxy groups -OCH3 is 1. The van der Waals surface area contributed by atoms with Crippen LogP contribution < -0.4 is 15.4 Å². The van der Waals surface area contributed by atoms with Crippen LogP contribution in [-0.4, -0.2) is 45.8 Å². The number of anilines is 1. The number of carbonyl (C=O) groups excluding carboxylic acids is 1. The molecule has 1 amide bonds. The fraction of sp³-hybridized carbons (Fsp3) is 0.529. The number of benzene rings is 1. The molecule has 2 heterocycles. The molecule has 0 bridgehead atoms. The zero-order valence-electron chi connectivity index (χ0n) is 14.2.